The van der Waals surface area contributed by atoms with E-state index in [-0.39, 0.29) is 6.61 Å². The quantitative estimate of drug-likeness (QED) is 0.386. The van der Waals surface area contributed by atoms with Gasteiger partial charge in [-0.05, 0) is 23.8 Å². The number of carbonyl (C=O) groups excluding carboxylic acids is 2. The second-order valence-electron chi connectivity index (χ2n) is 3.87. The van der Waals surface area contributed by atoms with Crippen LogP contribution in [0.4, 0.5) is 0 Å². The summed E-state index contributed by atoms with van der Waals surface area (Å²) in [5.41, 5.74) is 1.82. The van der Waals surface area contributed by atoms with Crippen LogP contribution in [0.2, 0.25) is 0 Å². The summed E-state index contributed by atoms with van der Waals surface area (Å²) >= 11 is 0. The molecular formula is C15H13NO3. The molecule has 1 N–H and O–H groups in total. The van der Waals surface area contributed by atoms with Gasteiger partial charge in [0, 0.05) is 17.1 Å². The monoisotopic (exact) mass is 255 g/mol. The van der Waals surface area contributed by atoms with Crippen molar-refractivity contribution in [3.05, 3.63) is 54.8 Å². The Bertz CT molecular complexity index is 652. The number of para-hydroxylation sites is 1. The van der Waals surface area contributed by atoms with Crippen molar-refractivity contribution in [2.75, 3.05) is 6.61 Å². The summed E-state index contributed by atoms with van der Waals surface area (Å²) in [6.07, 6.45) is 6.00. The summed E-state index contributed by atoms with van der Waals surface area (Å²) < 4.78 is 4.64. The zero-order chi connectivity index (χ0) is 13.7. The van der Waals surface area contributed by atoms with E-state index in [9.17, 15) is 9.59 Å². The van der Waals surface area contributed by atoms with Crippen molar-refractivity contribution in [3.8, 4) is 0 Å². The molecule has 0 radical (unpaired) electrons. The molecular weight excluding hydrogens is 242 g/mol. The molecule has 0 spiro atoms. The van der Waals surface area contributed by atoms with Gasteiger partial charge in [0.2, 0.25) is 0 Å². The van der Waals surface area contributed by atoms with E-state index in [1.807, 2.05) is 24.3 Å². The molecule has 2 rings (SSSR count). The SMILES string of the molecule is C=CCOC(=O)C(=O)/C=C/c1c[nH]c2ccccc12. The third-order valence-corrected chi connectivity index (χ3v) is 2.57. The van der Waals surface area contributed by atoms with E-state index in [4.69, 9.17) is 0 Å². The lowest BCUT2D eigenvalue weighted by Gasteiger charge is -1.96. The second-order valence-corrected chi connectivity index (χ2v) is 3.87. The van der Waals surface area contributed by atoms with Gasteiger partial charge in [-0.3, -0.25) is 4.79 Å². The van der Waals surface area contributed by atoms with Crippen LogP contribution < -0.4 is 0 Å². The van der Waals surface area contributed by atoms with Crippen molar-refractivity contribution in [2.45, 2.75) is 0 Å². The number of ether oxygens (including phenoxy) is 1. The number of hydrogen-bond donors (Lipinski definition) is 1. The fourth-order valence-electron chi connectivity index (χ4n) is 1.67. The van der Waals surface area contributed by atoms with E-state index < -0.39 is 11.8 Å². The largest absolute Gasteiger partial charge is 0.455 e. The minimum absolute atomic E-state index is 0.0332. The van der Waals surface area contributed by atoms with Crippen molar-refractivity contribution < 1.29 is 14.3 Å². The molecule has 0 aliphatic carbocycles. The number of rotatable bonds is 5. The van der Waals surface area contributed by atoms with E-state index in [0.717, 1.165) is 16.5 Å². The van der Waals surface area contributed by atoms with Crippen molar-refractivity contribution >= 4 is 28.7 Å². The predicted octanol–water partition coefficient (Wildman–Crippen LogP) is 2.48. The maximum atomic E-state index is 11.5. The van der Waals surface area contributed by atoms with E-state index >= 15 is 0 Å². The Morgan fingerprint density at radius 3 is 2.89 bits per heavy atom. The maximum absolute atomic E-state index is 11.5. The molecule has 1 aromatic carbocycles. The molecule has 19 heavy (non-hydrogen) atoms. The van der Waals surface area contributed by atoms with E-state index in [2.05, 4.69) is 16.3 Å². The van der Waals surface area contributed by atoms with Gasteiger partial charge in [0.25, 0.3) is 5.78 Å². The summed E-state index contributed by atoms with van der Waals surface area (Å²) in [4.78, 5) is 25.8. The van der Waals surface area contributed by atoms with Gasteiger partial charge < -0.3 is 9.72 Å². The van der Waals surface area contributed by atoms with Gasteiger partial charge in [0.05, 0.1) is 0 Å². The molecule has 96 valence electrons. The lowest BCUT2D eigenvalue weighted by Crippen LogP contribution is -2.14. The minimum Gasteiger partial charge on any atom is -0.455 e. The highest BCUT2D eigenvalue weighted by Gasteiger charge is 2.11. The summed E-state index contributed by atoms with van der Waals surface area (Å²) in [6.45, 7) is 3.44. The highest BCUT2D eigenvalue weighted by Crippen LogP contribution is 2.18. The summed E-state index contributed by atoms with van der Waals surface area (Å²) in [6, 6.07) is 7.71. The molecule has 4 heteroatoms. The van der Waals surface area contributed by atoms with E-state index in [0.29, 0.717) is 0 Å². The van der Waals surface area contributed by atoms with Gasteiger partial charge in [-0.1, -0.05) is 30.9 Å². The zero-order valence-electron chi connectivity index (χ0n) is 10.3. The number of hydrogen-bond acceptors (Lipinski definition) is 3. The molecule has 0 aliphatic rings. The summed E-state index contributed by atoms with van der Waals surface area (Å²) in [7, 11) is 0. The first-order valence-electron chi connectivity index (χ1n) is 5.78. The van der Waals surface area contributed by atoms with Gasteiger partial charge in [0.15, 0.2) is 0 Å². The van der Waals surface area contributed by atoms with Crippen LogP contribution in [-0.2, 0) is 14.3 Å². The summed E-state index contributed by atoms with van der Waals surface area (Å²) in [5, 5.41) is 0.992. The van der Waals surface area contributed by atoms with Crippen molar-refractivity contribution in [3.63, 3.8) is 0 Å². The lowest BCUT2D eigenvalue weighted by molar-refractivity contribution is -0.150. The van der Waals surface area contributed by atoms with E-state index in [1.165, 1.54) is 12.2 Å². The molecule has 0 atom stereocenters. The molecule has 0 saturated carbocycles. The first kappa shape index (κ1) is 12.8. The number of fused-ring (bicyclic) bond motifs is 1. The molecule has 2 aromatic rings. The minimum atomic E-state index is -0.879. The van der Waals surface area contributed by atoms with Crippen LogP contribution in [0.3, 0.4) is 0 Å². The molecule has 1 aromatic heterocycles. The van der Waals surface area contributed by atoms with Crippen LogP contribution in [0.25, 0.3) is 17.0 Å². The Morgan fingerprint density at radius 2 is 2.11 bits per heavy atom. The van der Waals surface area contributed by atoms with Crippen LogP contribution in [-0.4, -0.2) is 23.3 Å². The molecule has 0 amide bonds. The maximum Gasteiger partial charge on any atom is 0.379 e. The van der Waals surface area contributed by atoms with Crippen molar-refractivity contribution in [1.29, 1.82) is 0 Å². The average molecular weight is 255 g/mol. The molecule has 0 saturated heterocycles. The molecule has 0 bridgehead atoms. The van der Waals surface area contributed by atoms with Crippen LogP contribution in [0.15, 0.2) is 49.2 Å². The Kier molecular flexibility index (Phi) is 3.93. The third kappa shape index (κ3) is 2.98. The molecule has 0 unspecified atom stereocenters. The Balaban J connectivity index is 2.12. The topological polar surface area (TPSA) is 59.2 Å². The number of carbonyl (C=O) groups is 2. The standard InChI is InChI=1S/C15H13NO3/c1-2-9-19-15(18)14(17)8-7-11-10-16-13-6-4-3-5-12(11)13/h2-8,10,16H,1,9H2/b8-7+. The molecule has 1 heterocycles. The van der Waals surface area contributed by atoms with Crippen LogP contribution >= 0.6 is 0 Å². The number of nitrogens with one attached hydrogen (secondary N) is 1. The number of aromatic nitrogens is 1. The first-order valence-corrected chi connectivity index (χ1v) is 5.78. The van der Waals surface area contributed by atoms with E-state index in [1.54, 1.807) is 12.3 Å². The first-order chi connectivity index (χ1) is 9.22. The zero-order valence-corrected chi connectivity index (χ0v) is 10.3. The number of aromatic amines is 1. The van der Waals surface area contributed by atoms with Crippen molar-refractivity contribution in [2.24, 2.45) is 0 Å². The van der Waals surface area contributed by atoms with Gasteiger partial charge in [-0.15, -0.1) is 0 Å². The smallest absolute Gasteiger partial charge is 0.379 e. The van der Waals surface area contributed by atoms with Gasteiger partial charge in [0.1, 0.15) is 6.61 Å². The number of esters is 1. The van der Waals surface area contributed by atoms with Gasteiger partial charge >= 0.3 is 5.97 Å². The lowest BCUT2D eigenvalue weighted by atomic mass is 10.1. The average Bonchev–Trinajstić information content (AvgIpc) is 2.85. The molecule has 0 fully saturated rings. The number of benzene rings is 1. The van der Waals surface area contributed by atoms with Crippen LogP contribution in [0.5, 0.6) is 0 Å². The fourth-order valence-corrected chi connectivity index (χ4v) is 1.67. The van der Waals surface area contributed by atoms with Gasteiger partial charge in [-0.25, -0.2) is 4.79 Å². The highest BCUT2D eigenvalue weighted by atomic mass is 16.5. The Hall–Kier alpha value is -2.62. The predicted molar refractivity (Wildman–Crippen MR) is 73.5 cm³/mol. The Labute approximate surface area is 110 Å². The third-order valence-electron chi connectivity index (χ3n) is 2.57. The summed E-state index contributed by atoms with van der Waals surface area (Å²) in [5.74, 6) is -1.57. The van der Waals surface area contributed by atoms with Crippen molar-refractivity contribution in [1.82, 2.24) is 4.98 Å². The fraction of sp³-hybridized carbons (Fsp3) is 0.0667. The number of ketones is 1. The van der Waals surface area contributed by atoms with Crippen LogP contribution in [0.1, 0.15) is 5.56 Å². The molecule has 0 aliphatic heterocycles. The van der Waals surface area contributed by atoms with Crippen LogP contribution in [0, 0.1) is 0 Å². The second kappa shape index (κ2) is 5.82. The normalized spacial score (nSPS) is 10.7. The highest BCUT2D eigenvalue weighted by molar-refractivity contribution is 6.39. The van der Waals surface area contributed by atoms with Gasteiger partial charge in [-0.2, -0.15) is 0 Å². The Morgan fingerprint density at radius 1 is 1.32 bits per heavy atom. The molecule has 4 nitrogen and oxygen atoms in total. The number of H-pyrrole nitrogens is 1.